The third-order valence-corrected chi connectivity index (χ3v) is 6.39. The molecule has 138 valence electrons. The zero-order valence-corrected chi connectivity index (χ0v) is 17.2. The lowest BCUT2D eigenvalue weighted by atomic mass is 9.85. The number of nitrogens with zero attached hydrogens (tertiary/aromatic N) is 2. The quantitative estimate of drug-likeness (QED) is 0.786. The molecule has 0 bridgehead atoms. The van der Waals surface area contributed by atoms with Crippen molar-refractivity contribution in [1.29, 1.82) is 0 Å². The largest absolute Gasteiger partial charge is 0.316 e. The predicted octanol–water partition coefficient (Wildman–Crippen LogP) is 4.27. The lowest BCUT2D eigenvalue weighted by Gasteiger charge is -2.27. The van der Waals surface area contributed by atoms with Gasteiger partial charge in [0.1, 0.15) is 0 Å². The van der Waals surface area contributed by atoms with Gasteiger partial charge in [-0.1, -0.05) is 6.92 Å². The van der Waals surface area contributed by atoms with E-state index in [0.717, 1.165) is 34.4 Å². The second kappa shape index (κ2) is 9.07. The van der Waals surface area contributed by atoms with Crippen molar-refractivity contribution in [3.8, 4) is 10.6 Å². The van der Waals surface area contributed by atoms with Gasteiger partial charge in [0, 0.05) is 11.8 Å². The van der Waals surface area contributed by atoms with Crippen molar-refractivity contribution >= 4 is 46.1 Å². The molecule has 1 fully saturated rings. The summed E-state index contributed by atoms with van der Waals surface area (Å²) in [7, 11) is 0. The molecule has 0 radical (unpaired) electrons. The second-order valence-electron chi connectivity index (χ2n) is 6.52. The molecule has 2 atom stereocenters. The zero-order chi connectivity index (χ0) is 17.1. The number of thiazole rings is 2. The topological polar surface area (TPSA) is 66.9 Å². The number of carbonyl (C=O) groups excluding carboxylic acids is 1. The van der Waals surface area contributed by atoms with Crippen LogP contribution in [0.2, 0.25) is 0 Å². The van der Waals surface area contributed by atoms with Gasteiger partial charge in [0.25, 0.3) is 0 Å². The Balaban J connectivity index is 0.00000225. The molecule has 25 heavy (non-hydrogen) atoms. The van der Waals surface area contributed by atoms with Gasteiger partial charge in [0.05, 0.1) is 21.3 Å². The summed E-state index contributed by atoms with van der Waals surface area (Å²) in [4.78, 5) is 22.4. The van der Waals surface area contributed by atoms with Gasteiger partial charge in [-0.3, -0.25) is 4.79 Å². The van der Waals surface area contributed by atoms with Gasteiger partial charge in [0.2, 0.25) is 5.91 Å². The first kappa shape index (κ1) is 20.3. The van der Waals surface area contributed by atoms with Crippen LogP contribution in [0.3, 0.4) is 0 Å². The number of anilines is 1. The van der Waals surface area contributed by atoms with E-state index < -0.39 is 0 Å². The molecule has 2 aromatic rings. The van der Waals surface area contributed by atoms with Crippen LogP contribution in [0, 0.1) is 25.7 Å². The van der Waals surface area contributed by atoms with E-state index in [1.807, 2.05) is 19.2 Å². The number of aryl methyl sites for hydroxylation is 2. The number of hydrogen-bond acceptors (Lipinski definition) is 6. The molecule has 1 amide bonds. The molecular formula is C17H25ClN4OS2. The van der Waals surface area contributed by atoms with Crippen LogP contribution in [0.25, 0.3) is 10.6 Å². The highest BCUT2D eigenvalue weighted by Gasteiger charge is 2.22. The summed E-state index contributed by atoms with van der Waals surface area (Å²) in [5.41, 5.74) is 1.90. The summed E-state index contributed by atoms with van der Waals surface area (Å²) < 4.78 is 0. The van der Waals surface area contributed by atoms with Crippen LogP contribution in [-0.4, -0.2) is 29.0 Å². The van der Waals surface area contributed by atoms with Gasteiger partial charge in [-0.2, -0.15) is 0 Å². The minimum Gasteiger partial charge on any atom is -0.316 e. The highest BCUT2D eigenvalue weighted by atomic mass is 35.5. The fraction of sp³-hybridized carbons (Fsp3) is 0.588. The van der Waals surface area contributed by atoms with Crippen LogP contribution < -0.4 is 10.6 Å². The number of nitrogens with one attached hydrogen (secondary N) is 2. The average Bonchev–Trinajstić information content (AvgIpc) is 3.14. The molecule has 1 saturated heterocycles. The fourth-order valence-corrected chi connectivity index (χ4v) is 4.87. The van der Waals surface area contributed by atoms with Gasteiger partial charge in [0.15, 0.2) is 5.13 Å². The standard InChI is InChI=1S/C17H24N4OS2.ClH/c1-10(13-5-4-6-18-8-13)7-15(22)21-17-20-14(9-23-17)16-11(2)19-12(3)24-16;/h9-10,13,18H,4-8H2,1-3H3,(H,20,21,22);1H. The number of amides is 1. The highest BCUT2D eigenvalue weighted by molar-refractivity contribution is 7.16. The predicted molar refractivity (Wildman–Crippen MR) is 108 cm³/mol. The van der Waals surface area contributed by atoms with E-state index >= 15 is 0 Å². The van der Waals surface area contributed by atoms with Crippen LogP contribution in [0.15, 0.2) is 5.38 Å². The molecule has 3 rings (SSSR count). The average molecular weight is 401 g/mol. The Morgan fingerprint density at radius 3 is 2.88 bits per heavy atom. The molecule has 1 aliphatic rings. The maximum atomic E-state index is 12.3. The number of hydrogen-bond donors (Lipinski definition) is 2. The molecule has 2 unspecified atom stereocenters. The van der Waals surface area contributed by atoms with Gasteiger partial charge in [-0.05, 0) is 51.6 Å². The van der Waals surface area contributed by atoms with E-state index in [1.165, 1.54) is 24.2 Å². The Morgan fingerprint density at radius 2 is 2.24 bits per heavy atom. The van der Waals surface area contributed by atoms with E-state index in [0.29, 0.717) is 23.4 Å². The second-order valence-corrected chi connectivity index (χ2v) is 8.58. The summed E-state index contributed by atoms with van der Waals surface area (Å²) >= 11 is 3.12. The maximum Gasteiger partial charge on any atom is 0.226 e. The van der Waals surface area contributed by atoms with Crippen LogP contribution in [-0.2, 0) is 4.79 Å². The molecule has 1 aliphatic heterocycles. The number of aromatic nitrogens is 2. The number of carbonyl (C=O) groups is 1. The van der Waals surface area contributed by atoms with E-state index in [2.05, 4.69) is 27.5 Å². The molecule has 0 spiro atoms. The first-order valence-electron chi connectivity index (χ1n) is 8.43. The van der Waals surface area contributed by atoms with Crippen molar-refractivity contribution in [2.75, 3.05) is 18.4 Å². The molecule has 5 nitrogen and oxygen atoms in total. The Morgan fingerprint density at radius 1 is 1.44 bits per heavy atom. The smallest absolute Gasteiger partial charge is 0.226 e. The van der Waals surface area contributed by atoms with E-state index in [4.69, 9.17) is 0 Å². The monoisotopic (exact) mass is 400 g/mol. The Hall–Kier alpha value is -1.02. The number of rotatable bonds is 5. The summed E-state index contributed by atoms with van der Waals surface area (Å²) in [6, 6.07) is 0. The van der Waals surface area contributed by atoms with Crippen LogP contribution in [0.5, 0.6) is 0 Å². The van der Waals surface area contributed by atoms with Crippen molar-refractivity contribution in [2.45, 2.75) is 40.0 Å². The maximum absolute atomic E-state index is 12.3. The highest BCUT2D eigenvalue weighted by Crippen LogP contribution is 2.32. The minimum absolute atomic E-state index is 0. The molecular weight excluding hydrogens is 376 g/mol. The Bertz CT molecular complexity index is 709. The van der Waals surface area contributed by atoms with Crippen molar-refractivity contribution in [3.63, 3.8) is 0 Å². The van der Waals surface area contributed by atoms with Crippen LogP contribution in [0.1, 0.15) is 36.9 Å². The van der Waals surface area contributed by atoms with E-state index in [1.54, 1.807) is 11.3 Å². The molecule has 0 saturated carbocycles. The van der Waals surface area contributed by atoms with E-state index in [9.17, 15) is 4.79 Å². The Labute approximate surface area is 163 Å². The van der Waals surface area contributed by atoms with Crippen LogP contribution >= 0.6 is 35.1 Å². The molecule has 0 aliphatic carbocycles. The summed E-state index contributed by atoms with van der Waals surface area (Å²) in [6.07, 6.45) is 2.98. The molecule has 3 heterocycles. The first-order chi connectivity index (χ1) is 11.5. The van der Waals surface area contributed by atoms with E-state index in [-0.39, 0.29) is 18.3 Å². The van der Waals surface area contributed by atoms with Crippen molar-refractivity contribution in [3.05, 3.63) is 16.1 Å². The Kier molecular flexibility index (Phi) is 7.37. The van der Waals surface area contributed by atoms with Crippen LogP contribution in [0.4, 0.5) is 5.13 Å². The third-order valence-electron chi connectivity index (χ3n) is 4.53. The van der Waals surface area contributed by atoms with Gasteiger partial charge in [-0.25, -0.2) is 9.97 Å². The molecule has 8 heteroatoms. The summed E-state index contributed by atoms with van der Waals surface area (Å²) in [5, 5.41) is 10.1. The molecule has 0 aromatic carbocycles. The molecule has 2 N–H and O–H groups in total. The first-order valence-corrected chi connectivity index (χ1v) is 10.1. The molecule has 2 aromatic heterocycles. The summed E-state index contributed by atoms with van der Waals surface area (Å²) in [6.45, 7) is 8.30. The SMILES string of the molecule is Cc1nc(C)c(-c2csc(NC(=O)CC(C)C3CCCNC3)n2)s1.Cl. The van der Waals surface area contributed by atoms with Crippen molar-refractivity contribution in [2.24, 2.45) is 11.8 Å². The normalized spacial score (nSPS) is 18.4. The minimum atomic E-state index is 0. The summed E-state index contributed by atoms with van der Waals surface area (Å²) in [5.74, 6) is 1.05. The zero-order valence-electron chi connectivity index (χ0n) is 14.8. The third kappa shape index (κ3) is 5.23. The van der Waals surface area contributed by atoms with Gasteiger partial charge in [-0.15, -0.1) is 35.1 Å². The number of halogens is 1. The lowest BCUT2D eigenvalue weighted by molar-refractivity contribution is -0.117. The van der Waals surface area contributed by atoms with Crippen molar-refractivity contribution in [1.82, 2.24) is 15.3 Å². The fourth-order valence-electron chi connectivity index (χ4n) is 3.20. The van der Waals surface area contributed by atoms with Crippen molar-refractivity contribution < 1.29 is 4.79 Å². The number of piperidine rings is 1. The van der Waals surface area contributed by atoms with Gasteiger partial charge >= 0.3 is 0 Å². The van der Waals surface area contributed by atoms with Gasteiger partial charge < -0.3 is 10.6 Å². The lowest BCUT2D eigenvalue weighted by Crippen LogP contribution is -2.34.